The van der Waals surface area contributed by atoms with E-state index in [2.05, 4.69) is 0 Å². The van der Waals surface area contributed by atoms with Crippen LogP contribution in [0.1, 0.15) is 16.7 Å². The third-order valence-electron chi connectivity index (χ3n) is 5.62. The molecule has 0 atom stereocenters. The van der Waals surface area contributed by atoms with Gasteiger partial charge in [0.15, 0.2) is 0 Å². The van der Waals surface area contributed by atoms with Crippen LogP contribution in [-0.4, -0.2) is 11.8 Å². The molecule has 0 aromatic heterocycles. The predicted octanol–water partition coefficient (Wildman–Crippen LogP) is 6.37. The number of rotatable bonds is 5. The molecule has 3 nitrogen and oxygen atoms in total. The molecular weight excluding hydrogens is 414 g/mol. The standard InChI is InChI=1S/C28H21NO2S/c1-19-14-16-22(17-15-19)25-26(32-18-20-8-3-2-4-9-20)28(31)29(27(25)30)24-13-7-11-21-10-5-6-12-23(21)24/h2-17H,18H2,1H3. The molecule has 0 radical (unpaired) electrons. The fourth-order valence-electron chi connectivity index (χ4n) is 3.97. The molecule has 2 amide bonds. The molecule has 32 heavy (non-hydrogen) atoms. The Morgan fingerprint density at radius 3 is 2.19 bits per heavy atom. The molecule has 0 saturated carbocycles. The molecular formula is C28H21NO2S. The Hall–Kier alpha value is -3.63. The molecule has 0 fully saturated rings. The van der Waals surface area contributed by atoms with Crippen LogP contribution in [-0.2, 0) is 15.3 Å². The van der Waals surface area contributed by atoms with Crippen molar-refractivity contribution in [3.05, 3.63) is 119 Å². The highest BCUT2D eigenvalue weighted by atomic mass is 32.2. The fourth-order valence-corrected chi connectivity index (χ4v) is 5.04. The van der Waals surface area contributed by atoms with Crippen LogP contribution >= 0.6 is 11.8 Å². The Morgan fingerprint density at radius 1 is 0.719 bits per heavy atom. The van der Waals surface area contributed by atoms with Gasteiger partial charge in [-0.3, -0.25) is 9.59 Å². The summed E-state index contributed by atoms with van der Waals surface area (Å²) in [6.45, 7) is 2.01. The van der Waals surface area contributed by atoms with E-state index in [4.69, 9.17) is 0 Å². The first-order valence-electron chi connectivity index (χ1n) is 10.5. The summed E-state index contributed by atoms with van der Waals surface area (Å²) in [6, 6.07) is 31.3. The fraction of sp³-hybridized carbons (Fsp3) is 0.0714. The van der Waals surface area contributed by atoms with Crippen LogP contribution in [0, 0.1) is 6.92 Å². The van der Waals surface area contributed by atoms with Crippen molar-refractivity contribution in [1.29, 1.82) is 0 Å². The first kappa shape index (κ1) is 20.3. The zero-order chi connectivity index (χ0) is 22.1. The third-order valence-corrected chi connectivity index (χ3v) is 6.76. The molecule has 0 bridgehead atoms. The normalized spacial score (nSPS) is 14.0. The zero-order valence-corrected chi connectivity index (χ0v) is 18.4. The lowest BCUT2D eigenvalue weighted by Crippen LogP contribution is -2.31. The van der Waals surface area contributed by atoms with Crippen LogP contribution in [0.3, 0.4) is 0 Å². The zero-order valence-electron chi connectivity index (χ0n) is 17.6. The van der Waals surface area contributed by atoms with E-state index in [0.717, 1.165) is 27.5 Å². The number of nitrogens with zero attached hydrogens (tertiary/aromatic N) is 1. The van der Waals surface area contributed by atoms with Gasteiger partial charge in [0.1, 0.15) is 0 Å². The van der Waals surface area contributed by atoms with Gasteiger partial charge in [-0.05, 0) is 29.5 Å². The minimum atomic E-state index is -0.272. The van der Waals surface area contributed by atoms with Crippen molar-refractivity contribution in [2.75, 3.05) is 4.90 Å². The van der Waals surface area contributed by atoms with E-state index in [1.807, 2.05) is 104 Å². The number of amides is 2. The van der Waals surface area contributed by atoms with Gasteiger partial charge in [0, 0.05) is 11.1 Å². The number of anilines is 1. The molecule has 0 saturated heterocycles. The number of imide groups is 1. The Labute approximate surface area is 191 Å². The highest BCUT2D eigenvalue weighted by Crippen LogP contribution is 2.41. The second-order valence-electron chi connectivity index (χ2n) is 7.79. The highest BCUT2D eigenvalue weighted by molar-refractivity contribution is 8.03. The van der Waals surface area contributed by atoms with Gasteiger partial charge in [-0.15, -0.1) is 11.8 Å². The molecule has 5 rings (SSSR count). The summed E-state index contributed by atoms with van der Waals surface area (Å²) in [7, 11) is 0. The number of thioether (sulfide) groups is 1. The van der Waals surface area contributed by atoms with Crippen molar-refractivity contribution in [3.63, 3.8) is 0 Å². The topological polar surface area (TPSA) is 37.4 Å². The average molecular weight is 436 g/mol. The summed E-state index contributed by atoms with van der Waals surface area (Å²) in [4.78, 5) is 29.2. The van der Waals surface area contributed by atoms with E-state index in [9.17, 15) is 9.59 Å². The van der Waals surface area contributed by atoms with Crippen LogP contribution in [0.2, 0.25) is 0 Å². The maximum Gasteiger partial charge on any atom is 0.272 e. The van der Waals surface area contributed by atoms with Gasteiger partial charge < -0.3 is 0 Å². The van der Waals surface area contributed by atoms with Crippen molar-refractivity contribution in [3.8, 4) is 0 Å². The van der Waals surface area contributed by atoms with Crippen LogP contribution in [0.25, 0.3) is 16.3 Å². The molecule has 156 valence electrons. The average Bonchev–Trinajstić information content (AvgIpc) is 3.07. The lowest BCUT2D eigenvalue weighted by molar-refractivity contribution is -0.119. The van der Waals surface area contributed by atoms with Crippen molar-refractivity contribution in [1.82, 2.24) is 0 Å². The van der Waals surface area contributed by atoms with Gasteiger partial charge in [-0.25, -0.2) is 4.90 Å². The lowest BCUT2D eigenvalue weighted by Gasteiger charge is -2.17. The SMILES string of the molecule is Cc1ccc(C2=C(SCc3ccccc3)C(=O)N(c3cccc4ccccc34)C2=O)cc1. The number of hydrogen-bond acceptors (Lipinski definition) is 3. The minimum absolute atomic E-state index is 0.261. The quantitative estimate of drug-likeness (QED) is 0.342. The van der Waals surface area contributed by atoms with Crippen molar-refractivity contribution in [2.24, 2.45) is 0 Å². The van der Waals surface area contributed by atoms with Crippen molar-refractivity contribution < 1.29 is 9.59 Å². The number of benzene rings is 4. The van der Waals surface area contributed by atoms with Crippen LogP contribution in [0.4, 0.5) is 5.69 Å². The van der Waals surface area contributed by atoms with Crippen LogP contribution in [0.15, 0.2) is 102 Å². The molecule has 4 aromatic rings. The maximum atomic E-state index is 13.7. The monoisotopic (exact) mass is 435 g/mol. The first-order chi connectivity index (χ1) is 15.6. The number of carbonyl (C=O) groups excluding carboxylic acids is 2. The second kappa shape index (κ2) is 8.48. The summed E-state index contributed by atoms with van der Waals surface area (Å²) >= 11 is 1.43. The van der Waals surface area contributed by atoms with E-state index in [1.165, 1.54) is 16.7 Å². The lowest BCUT2D eigenvalue weighted by atomic mass is 10.0. The summed E-state index contributed by atoms with van der Waals surface area (Å²) in [5, 5.41) is 1.88. The molecule has 0 aliphatic carbocycles. The predicted molar refractivity (Wildman–Crippen MR) is 132 cm³/mol. The van der Waals surface area contributed by atoms with Gasteiger partial charge in [0.25, 0.3) is 11.8 Å². The Balaban J connectivity index is 1.60. The Kier molecular flexibility index (Phi) is 5.38. The molecule has 4 heteroatoms. The summed E-state index contributed by atoms with van der Waals surface area (Å²) < 4.78 is 0. The third kappa shape index (κ3) is 3.63. The molecule has 1 heterocycles. The van der Waals surface area contributed by atoms with Gasteiger partial charge in [0.2, 0.25) is 0 Å². The Bertz CT molecular complexity index is 1350. The van der Waals surface area contributed by atoms with E-state index >= 15 is 0 Å². The van der Waals surface area contributed by atoms with E-state index in [1.54, 1.807) is 0 Å². The van der Waals surface area contributed by atoms with Crippen molar-refractivity contribution >= 4 is 45.6 Å². The smallest absolute Gasteiger partial charge is 0.268 e. The molecule has 1 aliphatic heterocycles. The minimum Gasteiger partial charge on any atom is -0.268 e. The number of aryl methyl sites for hydroxylation is 1. The molecule has 1 aliphatic rings. The molecule has 0 unspecified atom stereocenters. The van der Waals surface area contributed by atoms with Crippen molar-refractivity contribution in [2.45, 2.75) is 12.7 Å². The van der Waals surface area contributed by atoms with Gasteiger partial charge >= 0.3 is 0 Å². The summed E-state index contributed by atoms with van der Waals surface area (Å²) in [6.07, 6.45) is 0. The maximum absolute atomic E-state index is 13.7. The van der Waals surface area contributed by atoms with E-state index in [-0.39, 0.29) is 11.8 Å². The highest BCUT2D eigenvalue weighted by Gasteiger charge is 2.40. The number of carbonyl (C=O) groups is 2. The van der Waals surface area contributed by atoms with Gasteiger partial charge in [-0.1, -0.05) is 96.6 Å². The summed E-state index contributed by atoms with van der Waals surface area (Å²) in [5.74, 6) is 0.0853. The molecule has 0 N–H and O–H groups in total. The van der Waals surface area contributed by atoms with E-state index in [0.29, 0.717) is 21.9 Å². The molecule has 0 spiro atoms. The number of fused-ring (bicyclic) bond motifs is 1. The van der Waals surface area contributed by atoms with Gasteiger partial charge in [-0.2, -0.15) is 0 Å². The first-order valence-corrected chi connectivity index (χ1v) is 11.5. The van der Waals surface area contributed by atoms with Crippen LogP contribution in [0.5, 0.6) is 0 Å². The van der Waals surface area contributed by atoms with E-state index < -0.39 is 0 Å². The largest absolute Gasteiger partial charge is 0.272 e. The summed E-state index contributed by atoms with van der Waals surface area (Å²) in [5.41, 5.74) is 4.08. The molecule has 4 aromatic carbocycles. The van der Waals surface area contributed by atoms with Crippen LogP contribution < -0.4 is 4.90 Å². The number of hydrogen-bond donors (Lipinski definition) is 0. The van der Waals surface area contributed by atoms with Gasteiger partial charge in [0.05, 0.1) is 16.2 Å². The Morgan fingerprint density at radius 2 is 1.41 bits per heavy atom. The second-order valence-corrected chi connectivity index (χ2v) is 8.77.